The zero-order valence-corrected chi connectivity index (χ0v) is 9.43. The van der Waals surface area contributed by atoms with E-state index in [1.165, 1.54) is 0 Å². The van der Waals surface area contributed by atoms with E-state index in [1.54, 1.807) is 30.0 Å². The van der Waals surface area contributed by atoms with Crippen LogP contribution in [0.3, 0.4) is 0 Å². The molecule has 1 unspecified atom stereocenters. The smallest absolute Gasteiger partial charge is 0.267 e. The second kappa shape index (κ2) is 4.04. The first-order chi connectivity index (χ1) is 7.63. The molecule has 0 saturated heterocycles. The number of carbonyl (C=O) groups excluding carboxylic acids is 1. The van der Waals surface area contributed by atoms with Gasteiger partial charge >= 0.3 is 0 Å². The van der Waals surface area contributed by atoms with E-state index in [4.69, 9.17) is 4.74 Å². The van der Waals surface area contributed by atoms with E-state index >= 15 is 0 Å². The summed E-state index contributed by atoms with van der Waals surface area (Å²) in [6.07, 6.45) is 0.402. The van der Waals surface area contributed by atoms with Crippen LogP contribution in [0.4, 0.5) is 5.69 Å². The van der Waals surface area contributed by atoms with E-state index in [0.29, 0.717) is 12.3 Å². The number of amides is 1. The van der Waals surface area contributed by atoms with Gasteiger partial charge < -0.3 is 14.7 Å². The second-order valence-electron chi connectivity index (χ2n) is 3.90. The van der Waals surface area contributed by atoms with Gasteiger partial charge in [0.1, 0.15) is 11.5 Å². The lowest BCUT2D eigenvalue weighted by Crippen LogP contribution is -2.44. The average molecular weight is 221 g/mol. The molecule has 2 rings (SSSR count). The Labute approximate surface area is 94.4 Å². The van der Waals surface area contributed by atoms with Crippen molar-refractivity contribution in [3.8, 4) is 11.5 Å². The predicted molar refractivity (Wildman–Crippen MR) is 60.8 cm³/mol. The van der Waals surface area contributed by atoms with E-state index in [9.17, 15) is 9.90 Å². The number of hydrogen-bond donors (Lipinski definition) is 1. The normalized spacial score (nSPS) is 19.2. The Morgan fingerprint density at radius 1 is 1.50 bits per heavy atom. The largest absolute Gasteiger partial charge is 0.508 e. The van der Waals surface area contributed by atoms with Crippen LogP contribution < -0.4 is 9.64 Å². The highest BCUT2D eigenvalue weighted by Crippen LogP contribution is 2.36. The Bertz CT molecular complexity index is 417. The zero-order chi connectivity index (χ0) is 11.7. The highest BCUT2D eigenvalue weighted by atomic mass is 16.5. The Balaban J connectivity index is 2.43. The van der Waals surface area contributed by atoms with Gasteiger partial charge in [0.2, 0.25) is 0 Å². The van der Waals surface area contributed by atoms with Crippen molar-refractivity contribution in [2.24, 2.45) is 0 Å². The number of carbonyl (C=O) groups is 1. The summed E-state index contributed by atoms with van der Waals surface area (Å²) in [4.78, 5) is 13.6. The Kier molecular flexibility index (Phi) is 2.73. The second-order valence-corrected chi connectivity index (χ2v) is 3.90. The molecular weight excluding hydrogens is 206 g/mol. The van der Waals surface area contributed by atoms with E-state index in [1.807, 2.05) is 6.92 Å². The molecule has 16 heavy (non-hydrogen) atoms. The van der Waals surface area contributed by atoms with Gasteiger partial charge in [-0.1, -0.05) is 6.92 Å². The average Bonchev–Trinajstić information content (AvgIpc) is 2.24. The van der Waals surface area contributed by atoms with Crippen molar-refractivity contribution in [2.45, 2.75) is 26.4 Å². The SMILES string of the molecule is CCCN1C(=O)C(C)Oc2cc(O)ccc21. The molecule has 0 radical (unpaired) electrons. The van der Waals surface area contributed by atoms with Gasteiger partial charge in [0, 0.05) is 12.6 Å². The van der Waals surface area contributed by atoms with Crippen molar-refractivity contribution in [3.05, 3.63) is 18.2 Å². The number of hydrogen-bond acceptors (Lipinski definition) is 3. The van der Waals surface area contributed by atoms with Crippen LogP contribution in [0.5, 0.6) is 11.5 Å². The van der Waals surface area contributed by atoms with E-state index < -0.39 is 6.10 Å². The quantitative estimate of drug-likeness (QED) is 0.830. The van der Waals surface area contributed by atoms with E-state index in [-0.39, 0.29) is 11.7 Å². The number of fused-ring (bicyclic) bond motifs is 1. The van der Waals surface area contributed by atoms with Crippen molar-refractivity contribution >= 4 is 11.6 Å². The zero-order valence-electron chi connectivity index (χ0n) is 9.43. The van der Waals surface area contributed by atoms with Gasteiger partial charge in [0.25, 0.3) is 5.91 Å². The maximum Gasteiger partial charge on any atom is 0.267 e. The van der Waals surface area contributed by atoms with Gasteiger partial charge in [-0.25, -0.2) is 0 Å². The van der Waals surface area contributed by atoms with Crippen LogP contribution in [0.1, 0.15) is 20.3 Å². The summed E-state index contributed by atoms with van der Waals surface area (Å²) in [6, 6.07) is 4.82. The van der Waals surface area contributed by atoms with Crippen LogP contribution in [0, 0.1) is 0 Å². The Morgan fingerprint density at radius 3 is 2.94 bits per heavy atom. The number of rotatable bonds is 2. The highest BCUT2D eigenvalue weighted by molar-refractivity contribution is 5.99. The monoisotopic (exact) mass is 221 g/mol. The first-order valence-corrected chi connectivity index (χ1v) is 5.44. The molecule has 0 aromatic heterocycles. The fourth-order valence-electron chi connectivity index (χ4n) is 1.85. The van der Waals surface area contributed by atoms with Gasteiger partial charge in [0.15, 0.2) is 6.10 Å². The predicted octanol–water partition coefficient (Wildman–Crippen LogP) is 1.92. The maximum atomic E-state index is 11.9. The molecule has 0 bridgehead atoms. The van der Waals surface area contributed by atoms with Gasteiger partial charge in [-0.05, 0) is 25.5 Å². The topological polar surface area (TPSA) is 49.8 Å². The number of phenols is 1. The summed E-state index contributed by atoms with van der Waals surface area (Å²) in [5.41, 5.74) is 0.739. The molecule has 4 nitrogen and oxygen atoms in total. The van der Waals surface area contributed by atoms with Crippen LogP contribution in [-0.2, 0) is 4.79 Å². The summed E-state index contributed by atoms with van der Waals surface area (Å²) in [5, 5.41) is 9.37. The number of phenolic OH excluding ortho intramolecular Hbond substituents is 1. The molecule has 0 saturated carbocycles. The molecule has 1 aromatic rings. The fourth-order valence-corrected chi connectivity index (χ4v) is 1.85. The minimum absolute atomic E-state index is 0.0277. The van der Waals surface area contributed by atoms with Crippen LogP contribution in [-0.4, -0.2) is 23.7 Å². The molecule has 1 heterocycles. The maximum absolute atomic E-state index is 11.9. The third-order valence-electron chi connectivity index (χ3n) is 2.60. The molecule has 4 heteroatoms. The van der Waals surface area contributed by atoms with Crippen LogP contribution in [0.15, 0.2) is 18.2 Å². The van der Waals surface area contributed by atoms with Gasteiger partial charge in [-0.15, -0.1) is 0 Å². The number of benzene rings is 1. The van der Waals surface area contributed by atoms with Gasteiger partial charge in [-0.3, -0.25) is 4.79 Å². The lowest BCUT2D eigenvalue weighted by atomic mass is 10.1. The van der Waals surface area contributed by atoms with Gasteiger partial charge in [-0.2, -0.15) is 0 Å². The fraction of sp³-hybridized carbons (Fsp3) is 0.417. The molecule has 0 spiro atoms. The van der Waals surface area contributed by atoms with Crippen molar-refractivity contribution in [1.29, 1.82) is 0 Å². The van der Waals surface area contributed by atoms with Crippen LogP contribution >= 0.6 is 0 Å². The molecule has 1 aliphatic heterocycles. The van der Waals surface area contributed by atoms with Crippen LogP contribution in [0.25, 0.3) is 0 Å². The molecule has 1 atom stereocenters. The molecule has 1 N–H and O–H groups in total. The highest BCUT2D eigenvalue weighted by Gasteiger charge is 2.30. The lowest BCUT2D eigenvalue weighted by molar-refractivity contribution is -0.125. The number of nitrogens with zero attached hydrogens (tertiary/aromatic N) is 1. The molecule has 0 fully saturated rings. The summed E-state index contributed by atoms with van der Waals surface area (Å²) in [7, 11) is 0. The van der Waals surface area contributed by atoms with Crippen molar-refractivity contribution in [2.75, 3.05) is 11.4 Å². The third-order valence-corrected chi connectivity index (χ3v) is 2.60. The Hall–Kier alpha value is -1.71. The van der Waals surface area contributed by atoms with Crippen molar-refractivity contribution < 1.29 is 14.6 Å². The molecule has 1 aromatic carbocycles. The van der Waals surface area contributed by atoms with Crippen molar-refractivity contribution in [3.63, 3.8) is 0 Å². The standard InChI is InChI=1S/C12H15NO3/c1-3-6-13-10-5-4-9(14)7-11(10)16-8(2)12(13)15/h4-5,7-8,14H,3,6H2,1-2H3. The number of aromatic hydroxyl groups is 1. The molecule has 1 aliphatic rings. The molecule has 0 aliphatic carbocycles. The summed E-state index contributed by atoms with van der Waals surface area (Å²) in [5.74, 6) is 0.692. The number of ether oxygens (including phenoxy) is 1. The van der Waals surface area contributed by atoms with Gasteiger partial charge in [0.05, 0.1) is 5.69 Å². The summed E-state index contributed by atoms with van der Waals surface area (Å²) in [6.45, 7) is 4.41. The van der Waals surface area contributed by atoms with E-state index in [2.05, 4.69) is 0 Å². The van der Waals surface area contributed by atoms with Crippen LogP contribution in [0.2, 0.25) is 0 Å². The molecule has 1 amide bonds. The minimum Gasteiger partial charge on any atom is -0.508 e. The minimum atomic E-state index is -0.485. The third kappa shape index (κ3) is 1.71. The Morgan fingerprint density at radius 2 is 2.25 bits per heavy atom. The lowest BCUT2D eigenvalue weighted by Gasteiger charge is -2.32. The first kappa shape index (κ1) is 10.8. The summed E-state index contributed by atoms with van der Waals surface area (Å²) >= 11 is 0. The number of anilines is 1. The molecular formula is C12H15NO3. The van der Waals surface area contributed by atoms with E-state index in [0.717, 1.165) is 12.1 Å². The molecule has 86 valence electrons. The summed E-state index contributed by atoms with van der Waals surface area (Å²) < 4.78 is 5.45. The van der Waals surface area contributed by atoms with Crippen molar-refractivity contribution in [1.82, 2.24) is 0 Å². The first-order valence-electron chi connectivity index (χ1n) is 5.44.